The lowest BCUT2D eigenvalue weighted by Crippen LogP contribution is -2.10. The smallest absolute Gasteiger partial charge is 0.222 e. The molecule has 0 unspecified atom stereocenters. The van der Waals surface area contributed by atoms with E-state index >= 15 is 0 Å². The van der Waals surface area contributed by atoms with E-state index in [1.807, 2.05) is 30.3 Å². The van der Waals surface area contributed by atoms with E-state index in [1.54, 1.807) is 6.92 Å². The lowest BCUT2D eigenvalue weighted by molar-refractivity contribution is -0.121. The number of nitrogens with zero attached hydrogens (tertiary/aromatic N) is 3. The molecule has 72 valence electrons. The van der Waals surface area contributed by atoms with Crippen molar-refractivity contribution < 1.29 is 4.79 Å². The first-order valence-corrected chi connectivity index (χ1v) is 4.37. The summed E-state index contributed by atoms with van der Waals surface area (Å²) < 4.78 is 0. The van der Waals surface area contributed by atoms with Crippen LogP contribution in [0.2, 0.25) is 0 Å². The third-order valence-corrected chi connectivity index (χ3v) is 1.95. The van der Waals surface area contributed by atoms with Crippen LogP contribution in [-0.4, -0.2) is 5.91 Å². The first-order valence-electron chi connectivity index (χ1n) is 4.37. The Labute approximate surface area is 82.2 Å². The molecular weight excluding hydrogens is 178 g/mol. The van der Waals surface area contributed by atoms with Gasteiger partial charge in [0.2, 0.25) is 5.91 Å². The molecule has 1 aromatic rings. The van der Waals surface area contributed by atoms with Crippen LogP contribution >= 0.6 is 0 Å². The van der Waals surface area contributed by atoms with Crippen LogP contribution in [-0.2, 0) is 11.2 Å². The van der Waals surface area contributed by atoms with Crippen LogP contribution < -0.4 is 0 Å². The molecule has 0 fully saturated rings. The fourth-order valence-corrected chi connectivity index (χ4v) is 1.20. The van der Waals surface area contributed by atoms with Crippen molar-refractivity contribution in [3.05, 3.63) is 46.3 Å². The first-order chi connectivity index (χ1) is 6.74. The molecule has 0 bridgehead atoms. The monoisotopic (exact) mass is 189 g/mol. The van der Waals surface area contributed by atoms with E-state index in [0.29, 0.717) is 6.42 Å². The highest BCUT2D eigenvalue weighted by Gasteiger charge is 2.10. The highest BCUT2D eigenvalue weighted by atomic mass is 16.1. The van der Waals surface area contributed by atoms with Crippen molar-refractivity contribution in [1.29, 1.82) is 0 Å². The number of amides is 1. The van der Waals surface area contributed by atoms with Crippen LogP contribution in [0.5, 0.6) is 0 Å². The number of hydrogen-bond acceptors (Lipinski definition) is 1. The topological polar surface area (TPSA) is 65.8 Å². The van der Waals surface area contributed by atoms with Gasteiger partial charge >= 0.3 is 0 Å². The van der Waals surface area contributed by atoms with Crippen molar-refractivity contribution in [2.45, 2.75) is 13.3 Å². The standard InChI is InChI=1S/C10H11N3O/c1-8(10(14)12-13-11)7-9-5-3-2-4-6-9/h2-6,8H,7H2,1H3/t8-/m0/s1. The summed E-state index contributed by atoms with van der Waals surface area (Å²) in [7, 11) is 0. The van der Waals surface area contributed by atoms with Gasteiger partial charge in [0, 0.05) is 10.8 Å². The van der Waals surface area contributed by atoms with Crippen LogP contribution in [0.3, 0.4) is 0 Å². The maximum absolute atomic E-state index is 11.1. The maximum atomic E-state index is 11.1. The molecule has 0 aliphatic rings. The van der Waals surface area contributed by atoms with Gasteiger partial charge in [-0.2, -0.15) is 0 Å². The lowest BCUT2D eigenvalue weighted by Gasteiger charge is -2.05. The number of azide groups is 1. The quantitative estimate of drug-likeness (QED) is 0.409. The van der Waals surface area contributed by atoms with Crippen LogP contribution in [0.1, 0.15) is 12.5 Å². The van der Waals surface area contributed by atoms with E-state index in [-0.39, 0.29) is 5.92 Å². The average molecular weight is 189 g/mol. The molecule has 0 heterocycles. The molecule has 0 aliphatic heterocycles. The van der Waals surface area contributed by atoms with Crippen molar-refractivity contribution in [3.63, 3.8) is 0 Å². The van der Waals surface area contributed by atoms with Crippen molar-refractivity contribution in [1.82, 2.24) is 0 Å². The van der Waals surface area contributed by atoms with E-state index in [1.165, 1.54) is 0 Å². The molecule has 0 saturated heterocycles. The zero-order valence-electron chi connectivity index (χ0n) is 7.92. The molecule has 0 aliphatic carbocycles. The Bertz CT molecular complexity index is 355. The van der Waals surface area contributed by atoms with Gasteiger partial charge in [-0.05, 0) is 22.6 Å². The van der Waals surface area contributed by atoms with E-state index in [0.717, 1.165) is 5.56 Å². The molecule has 4 nitrogen and oxygen atoms in total. The molecule has 0 radical (unpaired) electrons. The summed E-state index contributed by atoms with van der Waals surface area (Å²) >= 11 is 0. The molecule has 1 amide bonds. The summed E-state index contributed by atoms with van der Waals surface area (Å²) in [6.45, 7) is 1.75. The van der Waals surface area contributed by atoms with Gasteiger partial charge in [0.05, 0.1) is 0 Å². The number of carbonyl (C=O) groups is 1. The second-order valence-corrected chi connectivity index (χ2v) is 3.12. The van der Waals surface area contributed by atoms with E-state index in [9.17, 15) is 4.79 Å². The number of hydrogen-bond donors (Lipinski definition) is 0. The molecule has 0 spiro atoms. The molecule has 4 heteroatoms. The van der Waals surface area contributed by atoms with Crippen LogP contribution in [0.15, 0.2) is 35.4 Å². The Morgan fingerprint density at radius 3 is 2.71 bits per heavy atom. The number of carbonyl (C=O) groups excluding carboxylic acids is 1. The van der Waals surface area contributed by atoms with Gasteiger partial charge in [-0.1, -0.05) is 37.3 Å². The molecule has 14 heavy (non-hydrogen) atoms. The van der Waals surface area contributed by atoms with E-state index in [2.05, 4.69) is 10.0 Å². The Morgan fingerprint density at radius 1 is 1.50 bits per heavy atom. The summed E-state index contributed by atoms with van der Waals surface area (Å²) in [5, 5.41) is 3.06. The fourth-order valence-electron chi connectivity index (χ4n) is 1.20. The highest BCUT2D eigenvalue weighted by molar-refractivity contribution is 5.79. The van der Waals surface area contributed by atoms with Gasteiger partial charge in [-0.15, -0.1) is 0 Å². The van der Waals surface area contributed by atoms with Gasteiger partial charge in [0.15, 0.2) is 0 Å². The molecule has 1 aromatic carbocycles. The van der Waals surface area contributed by atoms with Gasteiger partial charge in [0.25, 0.3) is 0 Å². The Kier molecular flexibility index (Phi) is 3.70. The average Bonchev–Trinajstić information content (AvgIpc) is 2.19. The third kappa shape index (κ3) is 2.92. The van der Waals surface area contributed by atoms with Crippen LogP contribution in [0.4, 0.5) is 0 Å². The third-order valence-electron chi connectivity index (χ3n) is 1.95. The molecular formula is C10H11N3O. The number of benzene rings is 1. The Morgan fingerprint density at radius 2 is 2.14 bits per heavy atom. The van der Waals surface area contributed by atoms with Gasteiger partial charge in [0.1, 0.15) is 0 Å². The maximum Gasteiger partial charge on any atom is 0.222 e. The minimum absolute atomic E-state index is 0.256. The fraction of sp³-hybridized carbons (Fsp3) is 0.300. The summed E-state index contributed by atoms with van der Waals surface area (Å²) in [4.78, 5) is 13.6. The lowest BCUT2D eigenvalue weighted by atomic mass is 10.0. The van der Waals surface area contributed by atoms with Crippen molar-refractivity contribution in [2.24, 2.45) is 11.0 Å². The Hall–Kier alpha value is -1.80. The molecule has 0 saturated carbocycles. The van der Waals surface area contributed by atoms with Gasteiger partial charge in [-0.3, -0.25) is 4.79 Å². The summed E-state index contributed by atoms with van der Waals surface area (Å²) in [5.74, 6) is -0.662. The zero-order valence-corrected chi connectivity index (χ0v) is 7.92. The first kappa shape index (κ1) is 10.3. The van der Waals surface area contributed by atoms with Crippen LogP contribution in [0.25, 0.3) is 10.4 Å². The summed E-state index contributed by atoms with van der Waals surface area (Å²) in [5.41, 5.74) is 9.16. The second-order valence-electron chi connectivity index (χ2n) is 3.12. The van der Waals surface area contributed by atoms with Crippen LogP contribution in [0, 0.1) is 5.92 Å². The van der Waals surface area contributed by atoms with Crippen molar-refractivity contribution >= 4 is 5.91 Å². The summed E-state index contributed by atoms with van der Waals surface area (Å²) in [6.07, 6.45) is 0.610. The van der Waals surface area contributed by atoms with Gasteiger partial charge in [-0.25, -0.2) is 0 Å². The largest absolute Gasteiger partial charge is 0.292 e. The predicted molar refractivity (Wildman–Crippen MR) is 53.5 cm³/mol. The zero-order chi connectivity index (χ0) is 10.4. The normalized spacial score (nSPS) is 11.5. The molecule has 0 N–H and O–H groups in total. The highest BCUT2D eigenvalue weighted by Crippen LogP contribution is 2.09. The molecule has 0 aromatic heterocycles. The molecule has 1 atom stereocenters. The van der Waals surface area contributed by atoms with E-state index < -0.39 is 5.91 Å². The van der Waals surface area contributed by atoms with E-state index in [4.69, 9.17) is 5.53 Å². The minimum atomic E-state index is -0.406. The van der Waals surface area contributed by atoms with Crippen molar-refractivity contribution in [2.75, 3.05) is 0 Å². The Balaban J connectivity index is 2.61. The molecule has 1 rings (SSSR count). The van der Waals surface area contributed by atoms with Gasteiger partial charge < -0.3 is 0 Å². The predicted octanol–water partition coefficient (Wildman–Crippen LogP) is 2.70. The summed E-state index contributed by atoms with van der Waals surface area (Å²) in [6, 6.07) is 9.64. The SMILES string of the molecule is C[C@@H](Cc1ccccc1)C(=O)N=[N+]=[N-]. The van der Waals surface area contributed by atoms with Crippen molar-refractivity contribution in [3.8, 4) is 0 Å². The number of rotatable bonds is 3. The minimum Gasteiger partial charge on any atom is -0.292 e. The second kappa shape index (κ2) is 5.04.